The predicted molar refractivity (Wildman–Crippen MR) is 111 cm³/mol. The largest absolute Gasteiger partial charge is 0.338 e. The van der Waals surface area contributed by atoms with Crippen LogP contribution in [0.5, 0.6) is 0 Å². The van der Waals surface area contributed by atoms with Gasteiger partial charge < -0.3 is 10.6 Å². The number of nitrogens with one attached hydrogen (secondary N) is 2. The molecule has 2 amide bonds. The second kappa shape index (κ2) is 8.06. The minimum Gasteiger partial charge on any atom is -0.338 e. The summed E-state index contributed by atoms with van der Waals surface area (Å²) in [6.45, 7) is 2.00. The number of aliphatic imine (C=N–C) groups is 1. The van der Waals surface area contributed by atoms with Crippen molar-refractivity contribution in [1.82, 2.24) is 15.6 Å². The van der Waals surface area contributed by atoms with Gasteiger partial charge in [0.25, 0.3) is 11.8 Å². The molecule has 0 spiro atoms. The van der Waals surface area contributed by atoms with E-state index in [-0.39, 0.29) is 11.8 Å². The topological polar surface area (TPSA) is 83.4 Å². The average Bonchev–Trinajstić information content (AvgIpc) is 2.77. The lowest BCUT2D eigenvalue weighted by molar-refractivity contribution is -0.122. The number of carbonyl (C=O) groups is 2. The highest BCUT2D eigenvalue weighted by molar-refractivity contribution is 6.12. The molecule has 6 nitrogen and oxygen atoms in total. The van der Waals surface area contributed by atoms with Crippen molar-refractivity contribution in [1.29, 1.82) is 0 Å². The van der Waals surface area contributed by atoms with Gasteiger partial charge in [-0.25, -0.2) is 0 Å². The summed E-state index contributed by atoms with van der Waals surface area (Å²) in [5.74, 6) is -0.185. The SMILES string of the molecule is Cc1ccc([C@@H]2N=C(c3cccnc3)NC(=O)[C@H]2NC(=O)c2ccccc2)cc1. The molecule has 1 aliphatic rings. The molecule has 0 bridgehead atoms. The zero-order chi connectivity index (χ0) is 20.2. The first-order valence-electron chi connectivity index (χ1n) is 9.33. The molecular formula is C23H20N4O2. The Labute approximate surface area is 168 Å². The zero-order valence-corrected chi connectivity index (χ0v) is 15.9. The molecule has 0 unspecified atom stereocenters. The van der Waals surface area contributed by atoms with Crippen LogP contribution in [0.1, 0.15) is 33.1 Å². The quantitative estimate of drug-likeness (QED) is 0.726. The lowest BCUT2D eigenvalue weighted by atomic mass is 9.95. The predicted octanol–water partition coefficient (Wildman–Crippen LogP) is 2.81. The maximum Gasteiger partial charge on any atom is 0.252 e. The number of aryl methyl sites for hydroxylation is 1. The van der Waals surface area contributed by atoms with Gasteiger partial charge in [-0.15, -0.1) is 0 Å². The highest BCUT2D eigenvalue weighted by atomic mass is 16.2. The van der Waals surface area contributed by atoms with Gasteiger partial charge in [0.1, 0.15) is 17.9 Å². The smallest absolute Gasteiger partial charge is 0.252 e. The third-order valence-electron chi connectivity index (χ3n) is 4.78. The molecule has 0 saturated carbocycles. The van der Waals surface area contributed by atoms with Crippen LogP contribution in [0.25, 0.3) is 0 Å². The molecule has 2 atom stereocenters. The molecule has 144 valence electrons. The Bertz CT molecular complexity index is 1050. The summed E-state index contributed by atoms with van der Waals surface area (Å²) in [6.07, 6.45) is 3.31. The summed E-state index contributed by atoms with van der Waals surface area (Å²) >= 11 is 0. The van der Waals surface area contributed by atoms with Crippen molar-refractivity contribution >= 4 is 17.6 Å². The number of carbonyl (C=O) groups excluding carboxylic acids is 2. The van der Waals surface area contributed by atoms with Crippen molar-refractivity contribution in [2.24, 2.45) is 4.99 Å². The first-order chi connectivity index (χ1) is 14.1. The number of amides is 2. The van der Waals surface area contributed by atoms with Crippen molar-refractivity contribution < 1.29 is 9.59 Å². The van der Waals surface area contributed by atoms with Crippen LogP contribution in [0.2, 0.25) is 0 Å². The number of nitrogens with zero attached hydrogens (tertiary/aromatic N) is 2. The second-order valence-electron chi connectivity index (χ2n) is 6.88. The molecule has 0 aliphatic carbocycles. The Balaban J connectivity index is 1.71. The maximum absolute atomic E-state index is 13.0. The highest BCUT2D eigenvalue weighted by Gasteiger charge is 2.36. The van der Waals surface area contributed by atoms with Crippen LogP contribution in [0.15, 0.2) is 84.1 Å². The normalized spacial score (nSPS) is 18.5. The van der Waals surface area contributed by atoms with E-state index in [9.17, 15) is 9.59 Å². The van der Waals surface area contributed by atoms with E-state index in [4.69, 9.17) is 4.99 Å². The lowest BCUT2D eigenvalue weighted by Gasteiger charge is -2.30. The van der Waals surface area contributed by atoms with Crippen LogP contribution in [-0.4, -0.2) is 28.7 Å². The minimum absolute atomic E-state index is 0.311. The molecule has 2 heterocycles. The average molecular weight is 384 g/mol. The summed E-state index contributed by atoms with van der Waals surface area (Å²) in [5.41, 5.74) is 3.16. The molecule has 1 aromatic heterocycles. The Morgan fingerprint density at radius 1 is 1.00 bits per heavy atom. The summed E-state index contributed by atoms with van der Waals surface area (Å²) in [7, 11) is 0. The number of rotatable bonds is 4. The van der Waals surface area contributed by atoms with Crippen LogP contribution >= 0.6 is 0 Å². The van der Waals surface area contributed by atoms with Crippen molar-refractivity contribution in [3.8, 4) is 0 Å². The second-order valence-corrected chi connectivity index (χ2v) is 6.88. The summed E-state index contributed by atoms with van der Waals surface area (Å²) in [6, 6.07) is 18.9. The zero-order valence-electron chi connectivity index (χ0n) is 15.9. The van der Waals surface area contributed by atoms with Crippen molar-refractivity contribution in [3.63, 3.8) is 0 Å². The van der Waals surface area contributed by atoms with Gasteiger partial charge in [0.15, 0.2) is 0 Å². The van der Waals surface area contributed by atoms with E-state index in [1.54, 1.807) is 42.7 Å². The standard InChI is InChI=1S/C23H20N4O2/c1-15-9-11-16(12-10-15)19-20(26-22(28)17-6-3-2-4-7-17)23(29)27-21(25-19)18-8-5-13-24-14-18/h2-14,19-20H,1H3,(H,26,28)(H,25,27,29)/t19-,20-/m0/s1. The van der Waals surface area contributed by atoms with E-state index >= 15 is 0 Å². The fraction of sp³-hybridized carbons (Fsp3) is 0.130. The van der Waals surface area contributed by atoms with Crippen molar-refractivity contribution in [3.05, 3.63) is 101 Å². The monoisotopic (exact) mass is 384 g/mol. The Kier molecular flexibility index (Phi) is 5.16. The molecular weight excluding hydrogens is 364 g/mol. The van der Waals surface area contributed by atoms with Gasteiger partial charge in [-0.2, -0.15) is 0 Å². The van der Waals surface area contributed by atoms with Crippen molar-refractivity contribution in [2.45, 2.75) is 19.0 Å². The Hall–Kier alpha value is -3.80. The Morgan fingerprint density at radius 3 is 2.45 bits per heavy atom. The summed E-state index contributed by atoms with van der Waals surface area (Å²) < 4.78 is 0. The van der Waals surface area contributed by atoms with Gasteiger partial charge in [-0.3, -0.25) is 19.6 Å². The fourth-order valence-electron chi connectivity index (χ4n) is 3.22. The molecule has 0 saturated heterocycles. The van der Waals surface area contributed by atoms with Crippen molar-refractivity contribution in [2.75, 3.05) is 0 Å². The van der Waals surface area contributed by atoms with E-state index in [0.29, 0.717) is 17.0 Å². The number of benzene rings is 2. The maximum atomic E-state index is 13.0. The third kappa shape index (κ3) is 4.06. The summed E-state index contributed by atoms with van der Waals surface area (Å²) in [5, 5.41) is 5.65. The first kappa shape index (κ1) is 18.6. The third-order valence-corrected chi connectivity index (χ3v) is 4.78. The van der Waals surface area contributed by atoms with Gasteiger partial charge in [0.05, 0.1) is 0 Å². The van der Waals surface area contributed by atoms with Gasteiger partial charge in [-0.1, -0.05) is 48.0 Å². The van der Waals surface area contributed by atoms with Gasteiger partial charge in [0, 0.05) is 23.5 Å². The van der Waals surface area contributed by atoms with Gasteiger partial charge >= 0.3 is 0 Å². The van der Waals surface area contributed by atoms with E-state index < -0.39 is 12.1 Å². The molecule has 4 rings (SSSR count). The van der Waals surface area contributed by atoms with Crippen LogP contribution < -0.4 is 10.6 Å². The Morgan fingerprint density at radius 2 is 1.76 bits per heavy atom. The number of hydrogen-bond acceptors (Lipinski definition) is 4. The van der Waals surface area contributed by atoms with E-state index in [2.05, 4.69) is 15.6 Å². The number of pyridine rings is 1. The highest BCUT2D eigenvalue weighted by Crippen LogP contribution is 2.26. The molecule has 0 fully saturated rings. The molecule has 29 heavy (non-hydrogen) atoms. The fourth-order valence-corrected chi connectivity index (χ4v) is 3.22. The molecule has 0 radical (unpaired) electrons. The first-order valence-corrected chi connectivity index (χ1v) is 9.33. The van der Waals surface area contributed by atoms with E-state index in [1.807, 2.05) is 43.3 Å². The molecule has 3 aromatic rings. The molecule has 2 aromatic carbocycles. The van der Waals surface area contributed by atoms with Crippen LogP contribution in [-0.2, 0) is 4.79 Å². The molecule has 1 aliphatic heterocycles. The van der Waals surface area contributed by atoms with E-state index in [1.165, 1.54) is 0 Å². The number of amidine groups is 1. The van der Waals surface area contributed by atoms with Crippen LogP contribution in [0, 0.1) is 6.92 Å². The van der Waals surface area contributed by atoms with E-state index in [0.717, 1.165) is 11.1 Å². The van der Waals surface area contributed by atoms with Crippen LogP contribution in [0.3, 0.4) is 0 Å². The minimum atomic E-state index is -0.828. The summed E-state index contributed by atoms with van der Waals surface area (Å²) in [4.78, 5) is 34.5. The van der Waals surface area contributed by atoms with Crippen LogP contribution in [0.4, 0.5) is 0 Å². The molecule has 2 N–H and O–H groups in total. The lowest BCUT2D eigenvalue weighted by Crippen LogP contribution is -2.54. The van der Waals surface area contributed by atoms with Gasteiger partial charge in [0.2, 0.25) is 0 Å². The molecule has 6 heteroatoms. The number of aromatic nitrogens is 1. The number of hydrogen-bond donors (Lipinski definition) is 2. The van der Waals surface area contributed by atoms with Gasteiger partial charge in [-0.05, 0) is 36.8 Å².